The van der Waals surface area contributed by atoms with Gasteiger partial charge in [0, 0.05) is 41.5 Å². The summed E-state index contributed by atoms with van der Waals surface area (Å²) in [7, 11) is 0. The minimum absolute atomic E-state index is 0.0290. The number of hydrogen-bond acceptors (Lipinski definition) is 7. The highest BCUT2D eigenvalue weighted by atomic mass is 19.1. The number of amides is 2. The summed E-state index contributed by atoms with van der Waals surface area (Å²) in [6, 6.07) is 4.88. The molecular weight excluding hydrogens is 425 g/mol. The molecule has 0 unspecified atom stereocenters. The third kappa shape index (κ3) is 3.61. The fraction of sp³-hybridized carbons (Fsp3) is 0.304. The SMILES string of the molecule is Cc1c(-c2cc3cc(NC(=O)N[C@H]4CC[C@@H]4C#N)ncc3c(N)c2F)cnc2c1NCCO2. The quantitative estimate of drug-likeness (QED) is 0.450. The predicted molar refractivity (Wildman–Crippen MR) is 122 cm³/mol. The second kappa shape index (κ2) is 8.09. The maximum absolute atomic E-state index is 15.3. The van der Waals surface area contributed by atoms with Crippen molar-refractivity contribution in [2.45, 2.75) is 25.8 Å². The second-order valence-corrected chi connectivity index (χ2v) is 8.21. The number of nitriles is 1. The lowest BCUT2D eigenvalue weighted by Crippen LogP contribution is -2.47. The molecule has 3 heterocycles. The Kier molecular flexibility index (Phi) is 5.09. The first-order valence-electron chi connectivity index (χ1n) is 10.7. The van der Waals surface area contributed by atoms with E-state index in [1.165, 1.54) is 6.20 Å². The highest BCUT2D eigenvalue weighted by Gasteiger charge is 2.32. The number of aromatic nitrogens is 2. The number of urea groups is 1. The average molecular weight is 447 g/mol. The molecule has 10 heteroatoms. The Labute approximate surface area is 189 Å². The maximum Gasteiger partial charge on any atom is 0.320 e. The lowest BCUT2D eigenvalue weighted by molar-refractivity contribution is 0.227. The van der Waals surface area contributed by atoms with E-state index < -0.39 is 11.8 Å². The summed E-state index contributed by atoms with van der Waals surface area (Å²) in [5.74, 6) is 0.0551. The molecule has 1 fully saturated rings. The maximum atomic E-state index is 15.3. The largest absolute Gasteiger partial charge is 0.474 e. The third-order valence-electron chi connectivity index (χ3n) is 6.23. The van der Waals surface area contributed by atoms with Crippen molar-refractivity contribution in [1.29, 1.82) is 5.26 Å². The Hall–Kier alpha value is -4.13. The van der Waals surface area contributed by atoms with Crippen LogP contribution in [0, 0.1) is 30.0 Å². The smallest absolute Gasteiger partial charge is 0.320 e. The molecule has 33 heavy (non-hydrogen) atoms. The van der Waals surface area contributed by atoms with Crippen LogP contribution in [0.4, 0.5) is 26.4 Å². The zero-order valence-electron chi connectivity index (χ0n) is 17.9. The number of pyridine rings is 2. The number of ether oxygens (including phenoxy) is 1. The zero-order chi connectivity index (χ0) is 23.1. The van der Waals surface area contributed by atoms with Crippen molar-refractivity contribution in [3.63, 3.8) is 0 Å². The number of anilines is 3. The molecule has 2 amide bonds. The number of halogens is 1. The lowest BCUT2D eigenvalue weighted by atomic mass is 9.81. The number of rotatable bonds is 3. The van der Waals surface area contributed by atoms with Gasteiger partial charge in [0.25, 0.3) is 0 Å². The summed E-state index contributed by atoms with van der Waals surface area (Å²) in [5, 5.41) is 18.8. The van der Waals surface area contributed by atoms with E-state index in [1.807, 2.05) is 6.92 Å². The van der Waals surface area contributed by atoms with E-state index in [4.69, 9.17) is 15.7 Å². The van der Waals surface area contributed by atoms with Crippen LogP contribution in [0.5, 0.6) is 5.88 Å². The van der Waals surface area contributed by atoms with Gasteiger partial charge < -0.3 is 21.1 Å². The van der Waals surface area contributed by atoms with E-state index in [0.29, 0.717) is 46.7 Å². The average Bonchev–Trinajstić information content (AvgIpc) is 2.80. The molecule has 5 N–H and O–H groups in total. The van der Waals surface area contributed by atoms with E-state index in [2.05, 4.69) is 32.0 Å². The number of carbonyl (C=O) groups excluding carboxylic acids is 1. The summed E-state index contributed by atoms with van der Waals surface area (Å²) >= 11 is 0. The van der Waals surface area contributed by atoms with Crippen molar-refractivity contribution in [3.8, 4) is 23.1 Å². The summed E-state index contributed by atoms with van der Waals surface area (Å²) < 4.78 is 20.8. The van der Waals surface area contributed by atoms with Gasteiger partial charge in [0.15, 0.2) is 5.82 Å². The molecule has 2 atom stereocenters. The van der Waals surface area contributed by atoms with E-state index in [0.717, 1.165) is 24.1 Å². The molecule has 168 valence electrons. The summed E-state index contributed by atoms with van der Waals surface area (Å²) in [6.45, 7) is 3.03. The number of fused-ring (bicyclic) bond motifs is 2. The molecule has 1 aromatic carbocycles. The van der Waals surface area contributed by atoms with Crippen molar-refractivity contribution in [2.75, 3.05) is 29.5 Å². The van der Waals surface area contributed by atoms with Crippen molar-refractivity contribution in [3.05, 3.63) is 35.9 Å². The number of nitrogens with one attached hydrogen (secondary N) is 3. The van der Waals surface area contributed by atoms with Crippen LogP contribution in [0.3, 0.4) is 0 Å². The van der Waals surface area contributed by atoms with Gasteiger partial charge in [-0.3, -0.25) is 5.32 Å². The highest BCUT2D eigenvalue weighted by molar-refractivity contribution is 6.00. The van der Waals surface area contributed by atoms with Crippen LogP contribution in [-0.2, 0) is 0 Å². The fourth-order valence-corrected chi connectivity index (χ4v) is 4.20. The van der Waals surface area contributed by atoms with Crippen LogP contribution in [0.1, 0.15) is 18.4 Å². The van der Waals surface area contributed by atoms with Gasteiger partial charge in [0.1, 0.15) is 18.1 Å². The monoisotopic (exact) mass is 447 g/mol. The van der Waals surface area contributed by atoms with Crippen molar-refractivity contribution in [2.24, 2.45) is 5.92 Å². The van der Waals surface area contributed by atoms with Gasteiger partial charge in [0.2, 0.25) is 5.88 Å². The number of carbonyl (C=O) groups is 1. The minimum Gasteiger partial charge on any atom is -0.474 e. The second-order valence-electron chi connectivity index (χ2n) is 8.21. The van der Waals surface area contributed by atoms with E-state index in [1.54, 1.807) is 18.3 Å². The molecule has 1 saturated carbocycles. The van der Waals surface area contributed by atoms with Crippen LogP contribution in [-0.4, -0.2) is 35.2 Å². The number of nitrogens with two attached hydrogens (primary N) is 1. The molecule has 9 nitrogen and oxygen atoms in total. The van der Waals surface area contributed by atoms with Gasteiger partial charge in [0.05, 0.1) is 17.7 Å². The molecular formula is C23H22FN7O2. The van der Waals surface area contributed by atoms with Crippen LogP contribution < -0.4 is 26.4 Å². The Morgan fingerprint density at radius 2 is 2.15 bits per heavy atom. The highest BCUT2D eigenvalue weighted by Crippen LogP contribution is 2.39. The summed E-state index contributed by atoms with van der Waals surface area (Å²) in [6.07, 6.45) is 4.55. The first-order valence-corrected chi connectivity index (χ1v) is 10.7. The van der Waals surface area contributed by atoms with Crippen LogP contribution in [0.2, 0.25) is 0 Å². The summed E-state index contributed by atoms with van der Waals surface area (Å²) in [4.78, 5) is 20.8. The fourth-order valence-electron chi connectivity index (χ4n) is 4.20. The van der Waals surface area contributed by atoms with E-state index in [9.17, 15) is 4.79 Å². The van der Waals surface area contributed by atoms with Crippen LogP contribution >= 0.6 is 0 Å². The number of nitrogen functional groups attached to an aromatic ring is 1. The topological polar surface area (TPSA) is 138 Å². The van der Waals surface area contributed by atoms with Gasteiger partial charge in [-0.25, -0.2) is 19.2 Å². The standard InChI is InChI=1S/C23H22FN7O2/c1-11-15(9-29-22-21(11)27-4-5-33-22)14-6-13-7-18(28-10-16(13)20(26)19(14)24)31-23(32)30-17-3-2-12(17)8-25/h6-7,9-10,12,17,27H,2-5,26H2,1H3,(H2,28,30,31,32)/t12-,17+/m1/s1. The molecule has 3 aromatic rings. The summed E-state index contributed by atoms with van der Waals surface area (Å²) in [5.41, 5.74) is 8.51. The Balaban J connectivity index is 1.48. The van der Waals surface area contributed by atoms with Gasteiger partial charge in [-0.1, -0.05) is 0 Å². The van der Waals surface area contributed by atoms with Crippen LogP contribution in [0.15, 0.2) is 24.5 Å². The minimum atomic E-state index is -0.558. The van der Waals surface area contributed by atoms with Crippen LogP contribution in [0.25, 0.3) is 21.9 Å². The van der Waals surface area contributed by atoms with Gasteiger partial charge in [-0.2, -0.15) is 5.26 Å². The van der Waals surface area contributed by atoms with Crippen molar-refractivity contribution < 1.29 is 13.9 Å². The van der Waals surface area contributed by atoms with Gasteiger partial charge in [-0.15, -0.1) is 0 Å². The Bertz CT molecular complexity index is 1320. The van der Waals surface area contributed by atoms with Gasteiger partial charge >= 0.3 is 6.03 Å². The Morgan fingerprint density at radius 1 is 1.30 bits per heavy atom. The first-order chi connectivity index (χ1) is 16.0. The van der Waals surface area contributed by atoms with Gasteiger partial charge in [-0.05, 0) is 42.8 Å². The van der Waals surface area contributed by atoms with Crippen molar-refractivity contribution in [1.82, 2.24) is 15.3 Å². The number of nitrogens with zero attached hydrogens (tertiary/aromatic N) is 3. The molecule has 5 rings (SSSR count). The van der Waals surface area contributed by atoms with E-state index >= 15 is 4.39 Å². The third-order valence-corrected chi connectivity index (χ3v) is 6.23. The molecule has 0 saturated heterocycles. The lowest BCUT2D eigenvalue weighted by Gasteiger charge is -2.31. The zero-order valence-corrected chi connectivity index (χ0v) is 17.9. The number of benzene rings is 1. The number of hydrogen-bond donors (Lipinski definition) is 4. The molecule has 0 spiro atoms. The Morgan fingerprint density at radius 3 is 2.91 bits per heavy atom. The molecule has 2 aromatic heterocycles. The van der Waals surface area contributed by atoms with Crippen molar-refractivity contribution >= 4 is 34.0 Å². The molecule has 1 aliphatic carbocycles. The first kappa shape index (κ1) is 20.8. The molecule has 2 aliphatic rings. The molecule has 0 bridgehead atoms. The normalized spacial score (nSPS) is 18.8. The molecule has 0 radical (unpaired) electrons. The van der Waals surface area contributed by atoms with E-state index in [-0.39, 0.29) is 17.6 Å². The molecule has 1 aliphatic heterocycles. The predicted octanol–water partition coefficient (Wildman–Crippen LogP) is 3.55.